The Morgan fingerprint density at radius 2 is 0.760 bits per heavy atom. The number of aromatic carboxylic acids is 1. The van der Waals surface area contributed by atoms with Crippen molar-refractivity contribution < 1.29 is 87.8 Å². The second kappa shape index (κ2) is 57.9. The lowest BCUT2D eigenvalue weighted by Gasteiger charge is -2.25. The van der Waals surface area contributed by atoms with Crippen LogP contribution in [0.1, 0.15) is 204 Å². The van der Waals surface area contributed by atoms with Crippen molar-refractivity contribution in [3.8, 4) is 0 Å². The third-order valence-corrected chi connectivity index (χ3v) is 21.3. The number of nitrogens with one attached hydrogen (secondary N) is 9. The number of sulfonamides is 3. The lowest BCUT2D eigenvalue weighted by Crippen LogP contribution is -2.57. The van der Waals surface area contributed by atoms with Crippen molar-refractivity contribution in [2.75, 3.05) is 44.4 Å². The molecule has 0 spiro atoms. The summed E-state index contributed by atoms with van der Waals surface area (Å²) in [5.74, 6) is -4.57. The van der Waals surface area contributed by atoms with Gasteiger partial charge in [0, 0.05) is 37.0 Å². The van der Waals surface area contributed by atoms with Crippen LogP contribution in [0.5, 0.6) is 0 Å². The predicted octanol–water partition coefficient (Wildman–Crippen LogP) is 7.78. The largest absolute Gasteiger partial charge is 0.477 e. The Bertz CT molecular complexity index is 4390. The highest BCUT2D eigenvalue weighted by Gasteiger charge is 2.33. The van der Waals surface area contributed by atoms with Gasteiger partial charge in [-0.05, 0) is 189 Å². The number of ether oxygens (including phenoxy) is 2. The number of benzene rings is 3. The summed E-state index contributed by atoms with van der Waals surface area (Å²) in [6, 6.07) is 19.5. The molecule has 0 bridgehead atoms. The van der Waals surface area contributed by atoms with Crippen molar-refractivity contribution in [1.29, 1.82) is 0 Å². The van der Waals surface area contributed by atoms with E-state index >= 15 is 0 Å². The van der Waals surface area contributed by atoms with Crippen LogP contribution in [0, 0.1) is 23.7 Å². The molecule has 0 unspecified atom stereocenters. The smallest absolute Gasteiger partial charge is 0.407 e. The Morgan fingerprint density at radius 3 is 1.08 bits per heavy atom. The number of nitrogens with two attached hydrogens (primary N) is 3. The van der Waals surface area contributed by atoms with Gasteiger partial charge in [-0.25, -0.2) is 59.6 Å². The minimum Gasteiger partial charge on any atom is -0.477 e. The standard InChI is InChI=1S/C37H56N6O8S2.C27H45N5O7S2.C10H13NO2.C8H12N2O2S.CH4/c1-7-9-11-27-17-18-38-30(21-27)36(47)43-53(49,50)28-14-12-26(13-15-28)16-19-39-33(44)32(23-52)41-35(46)31(20-24(3)4)40-34(45)29(10-8-2)42-37(48)51-22-25(5)6;1-6-7-21(32-27(36)39-15-18(4)5)25(34)30-22(14-17(2)3)26(35)31-23(16-40)24(33)29-13-12-19-8-10-20(11-9-19)41(28,37)38;1-2-3-4-8-5-6-11-9(7-8)10(12)13;9-6-5-7-1-3-8(4-2-7)13(10,11)12;/h12-15,17-18,21,24-25,29,31-32,52H,7-11,16,19-20,22-23H2,1-6H3,(H,39,44)(H,40,45)(H,41,46)(H,42,48)(H,43,47);8-11,17-18,21-23,40H,6-7,12-16H2,1-5H3,(H,29,33)(H,30,34)(H,31,35)(H,32,36)(H2,28,37,38);5-7H,2-4H2,1H3,(H,12,13);1-4H,5-6,9H2,(H2,10,11,12);1H4/t29-,31-,32-;21-,22-,23-;;;/m00.../s1. The van der Waals surface area contributed by atoms with Crippen molar-refractivity contribution in [2.24, 2.45) is 39.7 Å². The number of pyridine rings is 2. The molecule has 38 heteroatoms. The first-order valence-electron chi connectivity index (χ1n) is 40.1. The number of nitrogens with zero attached hydrogens (tertiary/aromatic N) is 2. The Labute approximate surface area is 725 Å². The van der Waals surface area contributed by atoms with Gasteiger partial charge < -0.3 is 62.8 Å². The molecule has 121 heavy (non-hydrogen) atoms. The molecule has 9 amide bonds. The maximum atomic E-state index is 13.3. The van der Waals surface area contributed by atoms with Crippen LogP contribution in [0.2, 0.25) is 0 Å². The molecule has 0 fully saturated rings. The zero-order valence-corrected chi connectivity index (χ0v) is 75.0. The number of carboxylic acids is 1. The molecule has 5 aromatic rings. The molecule has 0 aliphatic rings. The molecule has 16 N–H and O–H groups in total. The van der Waals surface area contributed by atoms with Gasteiger partial charge >= 0.3 is 18.2 Å². The summed E-state index contributed by atoms with van der Waals surface area (Å²) < 4.78 is 82.6. The number of amides is 9. The minimum absolute atomic E-state index is 0. The lowest BCUT2D eigenvalue weighted by molar-refractivity contribution is -0.132. The van der Waals surface area contributed by atoms with E-state index in [9.17, 15) is 73.2 Å². The van der Waals surface area contributed by atoms with Crippen molar-refractivity contribution in [3.05, 3.63) is 149 Å². The molecule has 676 valence electrons. The molecule has 5 rings (SSSR count). The van der Waals surface area contributed by atoms with Crippen molar-refractivity contribution >= 4 is 115 Å². The Hall–Kier alpha value is -9.31. The molecule has 2 aromatic heterocycles. The van der Waals surface area contributed by atoms with Crippen molar-refractivity contribution in [1.82, 2.24) is 57.2 Å². The number of carbonyl (C=O) groups excluding carboxylic acids is 9. The summed E-state index contributed by atoms with van der Waals surface area (Å²) in [7, 11) is -11.5. The number of aryl methyl sites for hydroxylation is 2. The van der Waals surface area contributed by atoms with E-state index in [1.807, 2.05) is 75.3 Å². The van der Waals surface area contributed by atoms with Gasteiger partial charge in [-0.15, -0.1) is 0 Å². The SMILES string of the molecule is C.CCCCc1ccnc(C(=O)NS(=O)(=O)c2ccc(CCNC(=O)[C@H](CS)NC(=O)[C@H](CC(C)C)NC(=O)[C@H](CCC)NC(=O)OCC(C)C)cc2)c1.CCCCc1ccnc(C(=O)O)c1.CCC[C@H](NC(=O)OCC(C)C)C(=O)N[C@@H](CC(C)C)C(=O)N[C@@H](CS)C(=O)NCCc1ccc(S(N)(=O)=O)cc1.NCCc1ccc(S(N)(=O)=O)cc1. The number of thiol groups is 2. The number of alkyl carbamates (subject to hydrolysis) is 2. The fourth-order valence-electron chi connectivity index (χ4n) is 10.9. The van der Waals surface area contributed by atoms with Crippen LogP contribution >= 0.6 is 25.3 Å². The van der Waals surface area contributed by atoms with E-state index in [1.54, 1.807) is 60.8 Å². The highest BCUT2D eigenvalue weighted by molar-refractivity contribution is 7.90. The summed E-state index contributed by atoms with van der Waals surface area (Å²) >= 11 is 8.46. The van der Waals surface area contributed by atoms with E-state index in [4.69, 9.17) is 30.6 Å². The highest BCUT2D eigenvalue weighted by Crippen LogP contribution is 2.17. The fourth-order valence-corrected chi connectivity index (χ4v) is 13.5. The molecule has 2 heterocycles. The van der Waals surface area contributed by atoms with Gasteiger partial charge in [-0.2, -0.15) is 25.3 Å². The van der Waals surface area contributed by atoms with Gasteiger partial charge in [0.05, 0.1) is 27.9 Å². The third kappa shape index (κ3) is 44.9. The van der Waals surface area contributed by atoms with Crippen LogP contribution in [-0.2, 0) is 100 Å². The highest BCUT2D eigenvalue weighted by atomic mass is 32.2. The summed E-state index contributed by atoms with van der Waals surface area (Å²) in [5, 5.41) is 40.1. The summed E-state index contributed by atoms with van der Waals surface area (Å²) in [4.78, 5) is 134. The average Bonchev–Trinajstić information content (AvgIpc) is 0.815. The first-order valence-corrected chi connectivity index (χ1v) is 46.0. The monoisotopic (exact) mass is 1790 g/mol. The summed E-state index contributed by atoms with van der Waals surface area (Å²) in [5.41, 5.74) is 9.95. The number of unbranched alkanes of at least 4 members (excludes halogenated alkanes) is 2. The molecule has 0 saturated carbocycles. The summed E-state index contributed by atoms with van der Waals surface area (Å²) in [6.07, 6.45) is 11.4. The first kappa shape index (κ1) is 110. The minimum atomic E-state index is -4.16. The maximum Gasteiger partial charge on any atom is 0.407 e. The Morgan fingerprint density at radius 1 is 0.421 bits per heavy atom. The van der Waals surface area contributed by atoms with Gasteiger partial charge in [0.1, 0.15) is 47.6 Å². The number of hydrogen-bond donors (Lipinski definition) is 15. The van der Waals surface area contributed by atoms with Crippen molar-refractivity contribution in [3.63, 3.8) is 0 Å². The molecule has 3 aromatic carbocycles. The van der Waals surface area contributed by atoms with E-state index in [0.29, 0.717) is 51.5 Å². The average molecular weight is 1790 g/mol. The summed E-state index contributed by atoms with van der Waals surface area (Å²) in [6.45, 7) is 24.4. The zero-order chi connectivity index (χ0) is 90.3. The Balaban J connectivity index is 0.000000936. The van der Waals surface area contributed by atoms with E-state index in [-0.39, 0.29) is 101 Å². The van der Waals surface area contributed by atoms with Gasteiger partial charge in [0.2, 0.25) is 55.5 Å². The van der Waals surface area contributed by atoms with E-state index < -0.39 is 126 Å². The molecule has 0 saturated heterocycles. The van der Waals surface area contributed by atoms with Crippen molar-refractivity contribution in [2.45, 2.75) is 238 Å². The molecule has 33 nitrogen and oxygen atoms in total. The van der Waals surface area contributed by atoms with Gasteiger partial charge in [0.15, 0.2) is 0 Å². The van der Waals surface area contributed by atoms with Crippen LogP contribution in [-0.4, -0.2) is 180 Å². The van der Waals surface area contributed by atoms with Crippen LogP contribution in [0.15, 0.2) is 124 Å². The number of carboxylic acid groups (broad SMARTS) is 1. The van der Waals surface area contributed by atoms with Crippen LogP contribution < -0.4 is 63.3 Å². The molecular weight excluding hydrogens is 1660 g/mol. The maximum absolute atomic E-state index is 13.3. The van der Waals surface area contributed by atoms with E-state index in [0.717, 1.165) is 72.8 Å². The molecule has 0 radical (unpaired) electrons. The van der Waals surface area contributed by atoms with Gasteiger partial charge in [0.25, 0.3) is 15.9 Å². The fraction of sp³-hybridized carbons (Fsp3) is 0.542. The lowest BCUT2D eigenvalue weighted by atomic mass is 10.0. The third-order valence-electron chi connectivity index (χ3n) is 17.3. The molecule has 6 atom stereocenters. The zero-order valence-electron chi connectivity index (χ0n) is 70.8. The number of aromatic nitrogens is 2. The number of hydrogen-bond acceptors (Lipinski definition) is 23. The predicted molar refractivity (Wildman–Crippen MR) is 473 cm³/mol. The van der Waals surface area contributed by atoms with Crippen LogP contribution in [0.4, 0.5) is 9.59 Å². The van der Waals surface area contributed by atoms with Crippen LogP contribution in [0.3, 0.4) is 0 Å². The van der Waals surface area contributed by atoms with Gasteiger partial charge in [-0.3, -0.25) is 38.5 Å². The van der Waals surface area contributed by atoms with E-state index in [2.05, 4.69) is 96.3 Å². The molecule has 0 aliphatic heterocycles. The Kier molecular flexibility index (Phi) is 52.5. The normalized spacial score (nSPS) is 12.7. The second-order valence-electron chi connectivity index (χ2n) is 30.0. The topological polar surface area (TPSA) is 524 Å². The molecular formula is C83H130N14O19S5. The number of primary sulfonamides is 2. The quantitative estimate of drug-likeness (QED) is 0.0165. The second-order valence-corrected chi connectivity index (χ2v) is 35.5. The molecule has 0 aliphatic carbocycles. The number of rotatable bonds is 46. The van der Waals surface area contributed by atoms with Gasteiger partial charge in [-0.1, -0.05) is 153 Å². The first-order chi connectivity index (χ1) is 56.5. The van der Waals surface area contributed by atoms with E-state index in [1.165, 1.54) is 42.6 Å². The number of carbonyl (C=O) groups is 10. The van der Waals surface area contributed by atoms with Crippen LogP contribution in [0.25, 0.3) is 0 Å².